The minimum atomic E-state index is -0.424. The van der Waals surface area contributed by atoms with Crippen LogP contribution in [-0.2, 0) is 17.8 Å². The highest BCUT2D eigenvalue weighted by atomic mass is 35.5. The Kier molecular flexibility index (Phi) is 4.80. The Balaban J connectivity index is 1.64. The predicted molar refractivity (Wildman–Crippen MR) is 99.8 cm³/mol. The summed E-state index contributed by atoms with van der Waals surface area (Å²) in [5.74, 6) is 0.749. The first kappa shape index (κ1) is 17.6. The molecule has 1 atom stereocenters. The number of likely N-dealkylation sites (tertiary alicyclic amines) is 1. The summed E-state index contributed by atoms with van der Waals surface area (Å²) in [6, 6.07) is 4.85. The average Bonchev–Trinajstić information content (AvgIpc) is 3.27. The zero-order chi connectivity index (χ0) is 18.3. The number of rotatable bonds is 3. The van der Waals surface area contributed by atoms with Crippen LogP contribution in [0.15, 0.2) is 23.0 Å². The quantitative estimate of drug-likeness (QED) is 0.803. The van der Waals surface area contributed by atoms with Gasteiger partial charge in [-0.25, -0.2) is 9.48 Å². The van der Waals surface area contributed by atoms with Gasteiger partial charge in [-0.2, -0.15) is 5.10 Å². The van der Waals surface area contributed by atoms with Crippen molar-refractivity contribution >= 4 is 29.1 Å². The van der Waals surface area contributed by atoms with Gasteiger partial charge in [0.2, 0.25) is 5.91 Å². The van der Waals surface area contributed by atoms with Gasteiger partial charge in [0.1, 0.15) is 11.9 Å². The third-order valence-electron chi connectivity index (χ3n) is 5.15. The molecule has 8 heteroatoms. The number of nitrogens with zero attached hydrogens (tertiary/aromatic N) is 4. The molecule has 0 N–H and O–H groups in total. The number of halogens is 2. The van der Waals surface area contributed by atoms with Crippen LogP contribution in [0.25, 0.3) is 0 Å². The fraction of sp³-hybridized carbons (Fsp3) is 0.500. The number of carbonyl (C=O) groups excluding carboxylic acids is 1. The van der Waals surface area contributed by atoms with E-state index in [1.54, 1.807) is 16.7 Å². The van der Waals surface area contributed by atoms with E-state index in [9.17, 15) is 9.59 Å². The van der Waals surface area contributed by atoms with Gasteiger partial charge in [0, 0.05) is 19.5 Å². The smallest absolute Gasteiger partial charge is 0.341 e. The van der Waals surface area contributed by atoms with Gasteiger partial charge in [-0.1, -0.05) is 29.3 Å². The molecule has 1 fully saturated rings. The highest BCUT2D eigenvalue weighted by Crippen LogP contribution is 2.26. The Morgan fingerprint density at radius 3 is 2.65 bits per heavy atom. The molecule has 3 heterocycles. The molecule has 1 saturated heterocycles. The molecule has 0 aliphatic carbocycles. The van der Waals surface area contributed by atoms with E-state index < -0.39 is 6.04 Å². The van der Waals surface area contributed by atoms with E-state index in [0.29, 0.717) is 35.3 Å². The van der Waals surface area contributed by atoms with Crippen LogP contribution in [0.3, 0.4) is 0 Å². The summed E-state index contributed by atoms with van der Waals surface area (Å²) in [6.07, 6.45) is 4.36. The first-order valence-electron chi connectivity index (χ1n) is 8.95. The van der Waals surface area contributed by atoms with Crippen molar-refractivity contribution in [2.24, 2.45) is 0 Å². The van der Waals surface area contributed by atoms with Crippen LogP contribution in [0, 0.1) is 0 Å². The topological polar surface area (TPSA) is 60.1 Å². The van der Waals surface area contributed by atoms with E-state index in [0.717, 1.165) is 37.9 Å². The van der Waals surface area contributed by atoms with E-state index in [4.69, 9.17) is 23.2 Å². The second kappa shape index (κ2) is 7.08. The number of carbonyl (C=O) groups is 1. The Labute approximate surface area is 161 Å². The van der Waals surface area contributed by atoms with Gasteiger partial charge in [-0.05, 0) is 43.4 Å². The Morgan fingerprint density at radius 2 is 1.92 bits per heavy atom. The van der Waals surface area contributed by atoms with Crippen molar-refractivity contribution in [3.05, 3.63) is 50.1 Å². The number of benzene rings is 1. The molecular formula is C18H20Cl2N4O2. The SMILES string of the molecule is O=C(C1CCCc2nn(Cc3ccc(Cl)c(Cl)c3)c(=O)n21)N1CCCC1. The lowest BCUT2D eigenvalue weighted by Crippen LogP contribution is -2.41. The van der Waals surface area contributed by atoms with Gasteiger partial charge >= 0.3 is 5.69 Å². The molecule has 0 spiro atoms. The maximum Gasteiger partial charge on any atom is 0.346 e. The van der Waals surface area contributed by atoms with Crippen LogP contribution in [0.4, 0.5) is 0 Å². The van der Waals surface area contributed by atoms with Crippen molar-refractivity contribution in [3.63, 3.8) is 0 Å². The second-order valence-corrected chi connectivity index (χ2v) is 7.73. The summed E-state index contributed by atoms with van der Waals surface area (Å²) in [5.41, 5.74) is 0.614. The van der Waals surface area contributed by atoms with Crippen molar-refractivity contribution in [2.45, 2.75) is 44.7 Å². The summed E-state index contributed by atoms with van der Waals surface area (Å²) in [6.45, 7) is 1.88. The normalized spacial score (nSPS) is 19.6. The van der Waals surface area contributed by atoms with Crippen LogP contribution in [0.5, 0.6) is 0 Å². The van der Waals surface area contributed by atoms with Crippen LogP contribution in [0.2, 0.25) is 10.0 Å². The minimum absolute atomic E-state index is 0.0552. The molecule has 1 aromatic heterocycles. The molecule has 0 bridgehead atoms. The number of hydrogen-bond acceptors (Lipinski definition) is 3. The number of aryl methyl sites for hydroxylation is 1. The summed E-state index contributed by atoms with van der Waals surface area (Å²) in [7, 11) is 0. The third kappa shape index (κ3) is 3.16. The van der Waals surface area contributed by atoms with E-state index in [2.05, 4.69) is 5.10 Å². The van der Waals surface area contributed by atoms with Gasteiger partial charge in [-0.3, -0.25) is 9.36 Å². The lowest BCUT2D eigenvalue weighted by atomic mass is 10.0. The summed E-state index contributed by atoms with van der Waals surface area (Å²) >= 11 is 12.0. The van der Waals surface area contributed by atoms with Gasteiger partial charge in [-0.15, -0.1) is 0 Å². The van der Waals surface area contributed by atoms with E-state index in [1.165, 1.54) is 4.68 Å². The Bertz CT molecular complexity index is 899. The molecule has 2 aliphatic rings. The van der Waals surface area contributed by atoms with E-state index in [-0.39, 0.29) is 11.6 Å². The molecule has 2 aromatic rings. The monoisotopic (exact) mass is 394 g/mol. The zero-order valence-corrected chi connectivity index (χ0v) is 15.8. The molecule has 1 unspecified atom stereocenters. The first-order chi connectivity index (χ1) is 12.5. The Morgan fingerprint density at radius 1 is 1.15 bits per heavy atom. The highest BCUT2D eigenvalue weighted by Gasteiger charge is 2.34. The van der Waals surface area contributed by atoms with Crippen molar-refractivity contribution in [3.8, 4) is 0 Å². The summed E-state index contributed by atoms with van der Waals surface area (Å²) < 4.78 is 3.02. The number of amides is 1. The molecule has 2 aliphatic heterocycles. The Hall–Kier alpha value is -1.79. The van der Waals surface area contributed by atoms with Crippen LogP contribution >= 0.6 is 23.2 Å². The van der Waals surface area contributed by atoms with Crippen LogP contribution in [0.1, 0.15) is 43.1 Å². The molecule has 4 rings (SSSR count). The van der Waals surface area contributed by atoms with Gasteiger partial charge in [0.05, 0.1) is 16.6 Å². The fourth-order valence-corrected chi connectivity index (χ4v) is 4.15. The van der Waals surface area contributed by atoms with Crippen molar-refractivity contribution in [2.75, 3.05) is 13.1 Å². The molecule has 0 radical (unpaired) electrons. The maximum absolute atomic E-state index is 12.9. The van der Waals surface area contributed by atoms with Gasteiger partial charge in [0.15, 0.2) is 0 Å². The summed E-state index contributed by atoms with van der Waals surface area (Å²) in [5, 5.41) is 5.40. The van der Waals surface area contributed by atoms with Crippen LogP contribution < -0.4 is 5.69 Å². The second-order valence-electron chi connectivity index (χ2n) is 6.92. The summed E-state index contributed by atoms with van der Waals surface area (Å²) in [4.78, 5) is 27.7. The predicted octanol–water partition coefficient (Wildman–Crippen LogP) is 2.90. The zero-order valence-electron chi connectivity index (χ0n) is 14.3. The molecular weight excluding hydrogens is 375 g/mol. The highest BCUT2D eigenvalue weighted by molar-refractivity contribution is 6.42. The lowest BCUT2D eigenvalue weighted by molar-refractivity contribution is -0.134. The van der Waals surface area contributed by atoms with Crippen molar-refractivity contribution < 1.29 is 4.79 Å². The molecule has 1 aromatic carbocycles. The minimum Gasteiger partial charge on any atom is -0.341 e. The van der Waals surface area contributed by atoms with Gasteiger partial charge in [0.25, 0.3) is 0 Å². The molecule has 0 saturated carbocycles. The fourth-order valence-electron chi connectivity index (χ4n) is 3.83. The first-order valence-corrected chi connectivity index (χ1v) is 9.71. The molecule has 1 amide bonds. The molecule has 26 heavy (non-hydrogen) atoms. The van der Waals surface area contributed by atoms with Crippen molar-refractivity contribution in [1.82, 2.24) is 19.2 Å². The average molecular weight is 395 g/mol. The third-order valence-corrected chi connectivity index (χ3v) is 5.89. The number of fused-ring (bicyclic) bond motifs is 1. The van der Waals surface area contributed by atoms with Crippen molar-refractivity contribution in [1.29, 1.82) is 0 Å². The lowest BCUT2D eigenvalue weighted by Gasteiger charge is -2.27. The molecule has 138 valence electrons. The molecule has 6 nitrogen and oxygen atoms in total. The standard InChI is InChI=1S/C18H20Cl2N4O2/c19-13-7-6-12(10-14(13)20)11-23-18(26)24-15(4-3-5-16(24)21-23)17(25)22-8-1-2-9-22/h6-7,10,15H,1-5,8-9,11H2. The van der Waals surface area contributed by atoms with Gasteiger partial charge < -0.3 is 4.90 Å². The maximum atomic E-state index is 12.9. The number of aromatic nitrogens is 3. The number of hydrogen-bond donors (Lipinski definition) is 0. The van der Waals surface area contributed by atoms with Crippen LogP contribution in [-0.4, -0.2) is 38.2 Å². The van der Waals surface area contributed by atoms with E-state index >= 15 is 0 Å². The van der Waals surface area contributed by atoms with E-state index in [1.807, 2.05) is 11.0 Å². The largest absolute Gasteiger partial charge is 0.346 e.